The fourth-order valence-electron chi connectivity index (χ4n) is 3.26. The predicted octanol–water partition coefficient (Wildman–Crippen LogP) is 0.975. The first kappa shape index (κ1) is 15.5. The third-order valence-corrected chi connectivity index (χ3v) is 4.56. The van der Waals surface area contributed by atoms with E-state index in [9.17, 15) is 18.8 Å². The summed E-state index contributed by atoms with van der Waals surface area (Å²) in [5, 5.41) is 2.60. The van der Waals surface area contributed by atoms with Crippen molar-refractivity contribution in [3.63, 3.8) is 0 Å². The van der Waals surface area contributed by atoms with Crippen LogP contribution in [-0.4, -0.2) is 35.7 Å². The lowest BCUT2D eigenvalue weighted by atomic mass is 9.88. The minimum absolute atomic E-state index is 0.0488. The predicted molar refractivity (Wildman–Crippen MR) is 80.9 cm³/mol. The molecule has 1 aromatic carbocycles. The number of primary amides is 1. The molecule has 122 valence electrons. The second kappa shape index (κ2) is 5.98. The van der Waals surface area contributed by atoms with Crippen molar-refractivity contribution in [3.8, 4) is 0 Å². The first-order valence-electron chi connectivity index (χ1n) is 7.63. The molecule has 3 N–H and O–H groups in total. The number of halogens is 1. The third kappa shape index (κ3) is 3.04. The minimum Gasteiger partial charge on any atom is -0.369 e. The van der Waals surface area contributed by atoms with Crippen LogP contribution in [0.5, 0.6) is 0 Å². The number of hydrogen-bond donors (Lipinski definition) is 2. The van der Waals surface area contributed by atoms with Crippen LogP contribution in [0.2, 0.25) is 0 Å². The van der Waals surface area contributed by atoms with Crippen molar-refractivity contribution in [2.75, 3.05) is 18.4 Å². The largest absolute Gasteiger partial charge is 0.369 e. The van der Waals surface area contributed by atoms with E-state index in [1.165, 1.54) is 12.1 Å². The van der Waals surface area contributed by atoms with Gasteiger partial charge in [-0.3, -0.25) is 14.4 Å². The molecule has 2 heterocycles. The lowest BCUT2D eigenvalue weighted by Crippen LogP contribution is -2.45. The van der Waals surface area contributed by atoms with E-state index in [0.29, 0.717) is 37.2 Å². The second-order valence-corrected chi connectivity index (χ2v) is 6.04. The van der Waals surface area contributed by atoms with Gasteiger partial charge in [0.1, 0.15) is 5.82 Å². The summed E-state index contributed by atoms with van der Waals surface area (Å²) in [5.74, 6) is -2.06. The molecule has 0 aliphatic carbocycles. The standard InChI is InChI=1S/C16H18FN3O3/c17-10-1-2-11-12(8-14(21)19-13(11)7-10)16(23)20-5-3-9(4-6-20)15(18)22/h1-2,7,9,12H,3-6,8H2,(H2,18,22)(H,19,21). The lowest BCUT2D eigenvalue weighted by Gasteiger charge is -2.34. The second-order valence-electron chi connectivity index (χ2n) is 6.04. The van der Waals surface area contributed by atoms with Gasteiger partial charge in [-0.25, -0.2) is 4.39 Å². The molecule has 0 spiro atoms. The van der Waals surface area contributed by atoms with Crippen LogP contribution < -0.4 is 11.1 Å². The number of carbonyl (C=O) groups is 3. The van der Waals surface area contributed by atoms with Crippen LogP contribution in [0.4, 0.5) is 10.1 Å². The van der Waals surface area contributed by atoms with Crippen LogP contribution in [0.3, 0.4) is 0 Å². The van der Waals surface area contributed by atoms with E-state index in [1.54, 1.807) is 11.0 Å². The Morgan fingerprint density at radius 3 is 2.61 bits per heavy atom. The molecule has 2 aliphatic heterocycles. The molecule has 3 rings (SSSR count). The van der Waals surface area contributed by atoms with Gasteiger partial charge in [-0.1, -0.05) is 6.07 Å². The van der Waals surface area contributed by atoms with E-state index in [4.69, 9.17) is 5.73 Å². The molecule has 3 amide bonds. The first-order valence-corrected chi connectivity index (χ1v) is 7.63. The number of nitrogens with zero attached hydrogens (tertiary/aromatic N) is 1. The number of benzene rings is 1. The molecule has 7 heteroatoms. The molecule has 1 unspecified atom stereocenters. The van der Waals surface area contributed by atoms with E-state index in [-0.39, 0.29) is 30.1 Å². The molecule has 1 atom stereocenters. The number of fused-ring (bicyclic) bond motifs is 1. The van der Waals surface area contributed by atoms with Crippen LogP contribution in [0, 0.1) is 11.7 Å². The molecule has 6 nitrogen and oxygen atoms in total. The van der Waals surface area contributed by atoms with Gasteiger partial charge in [0, 0.05) is 31.1 Å². The molecule has 0 radical (unpaired) electrons. The van der Waals surface area contributed by atoms with Crippen LogP contribution in [0.1, 0.15) is 30.7 Å². The molecule has 23 heavy (non-hydrogen) atoms. The van der Waals surface area contributed by atoms with Crippen molar-refractivity contribution >= 4 is 23.4 Å². The van der Waals surface area contributed by atoms with Gasteiger partial charge in [-0.15, -0.1) is 0 Å². The normalized spacial score (nSPS) is 21.5. The van der Waals surface area contributed by atoms with Crippen molar-refractivity contribution < 1.29 is 18.8 Å². The Morgan fingerprint density at radius 1 is 1.26 bits per heavy atom. The summed E-state index contributed by atoms with van der Waals surface area (Å²) < 4.78 is 13.3. The number of nitrogens with two attached hydrogens (primary N) is 1. The topological polar surface area (TPSA) is 92.5 Å². The van der Waals surface area contributed by atoms with Crippen LogP contribution in [0.25, 0.3) is 0 Å². The summed E-state index contributed by atoms with van der Waals surface area (Å²) in [4.78, 5) is 37.4. The number of carbonyl (C=O) groups excluding carboxylic acids is 3. The van der Waals surface area contributed by atoms with Gasteiger partial charge in [0.25, 0.3) is 0 Å². The van der Waals surface area contributed by atoms with Crippen molar-refractivity contribution in [1.29, 1.82) is 0 Å². The van der Waals surface area contributed by atoms with Crippen LogP contribution in [0.15, 0.2) is 18.2 Å². The molecule has 1 saturated heterocycles. The fraction of sp³-hybridized carbons (Fsp3) is 0.438. The molecular formula is C16H18FN3O3. The number of rotatable bonds is 2. The average Bonchev–Trinajstić information content (AvgIpc) is 2.53. The smallest absolute Gasteiger partial charge is 0.230 e. The summed E-state index contributed by atoms with van der Waals surface area (Å²) in [6.45, 7) is 0.891. The minimum atomic E-state index is -0.607. The molecule has 0 saturated carbocycles. The van der Waals surface area contributed by atoms with Gasteiger partial charge in [-0.2, -0.15) is 0 Å². The van der Waals surface area contributed by atoms with Gasteiger partial charge in [-0.05, 0) is 30.5 Å². The summed E-state index contributed by atoms with van der Waals surface area (Å²) in [5.41, 5.74) is 6.28. The van der Waals surface area contributed by atoms with Crippen molar-refractivity contribution in [2.24, 2.45) is 11.7 Å². The van der Waals surface area contributed by atoms with Gasteiger partial charge in [0.15, 0.2) is 0 Å². The molecular weight excluding hydrogens is 301 g/mol. The number of anilines is 1. The first-order chi connectivity index (χ1) is 11.0. The van der Waals surface area contributed by atoms with Crippen LogP contribution >= 0.6 is 0 Å². The average molecular weight is 319 g/mol. The Morgan fingerprint density at radius 2 is 1.96 bits per heavy atom. The number of piperidine rings is 1. The Hall–Kier alpha value is -2.44. The van der Waals surface area contributed by atoms with E-state index < -0.39 is 11.7 Å². The molecule has 0 bridgehead atoms. The molecule has 0 aromatic heterocycles. The van der Waals surface area contributed by atoms with Crippen molar-refractivity contribution in [1.82, 2.24) is 4.90 Å². The monoisotopic (exact) mass is 319 g/mol. The zero-order valence-corrected chi connectivity index (χ0v) is 12.5. The zero-order valence-electron chi connectivity index (χ0n) is 12.5. The number of amides is 3. The molecule has 2 aliphatic rings. The summed E-state index contributed by atoms with van der Waals surface area (Å²) >= 11 is 0. The summed E-state index contributed by atoms with van der Waals surface area (Å²) in [6.07, 6.45) is 1.12. The fourth-order valence-corrected chi connectivity index (χ4v) is 3.26. The maximum Gasteiger partial charge on any atom is 0.230 e. The highest BCUT2D eigenvalue weighted by atomic mass is 19.1. The maximum absolute atomic E-state index is 13.3. The van der Waals surface area contributed by atoms with Crippen LogP contribution in [-0.2, 0) is 14.4 Å². The zero-order chi connectivity index (χ0) is 16.6. The quantitative estimate of drug-likeness (QED) is 0.851. The maximum atomic E-state index is 13.3. The highest BCUT2D eigenvalue weighted by molar-refractivity contribution is 6.01. The number of nitrogens with one attached hydrogen (secondary N) is 1. The summed E-state index contributed by atoms with van der Waals surface area (Å²) in [6, 6.07) is 4.06. The highest BCUT2D eigenvalue weighted by Crippen LogP contribution is 2.34. The van der Waals surface area contributed by atoms with E-state index in [0.717, 1.165) is 0 Å². The van der Waals surface area contributed by atoms with Gasteiger partial charge in [0.05, 0.1) is 5.92 Å². The van der Waals surface area contributed by atoms with Crippen molar-refractivity contribution in [3.05, 3.63) is 29.6 Å². The Bertz CT molecular complexity index is 669. The molecule has 1 aromatic rings. The van der Waals surface area contributed by atoms with E-state index in [2.05, 4.69) is 5.32 Å². The highest BCUT2D eigenvalue weighted by Gasteiger charge is 2.35. The third-order valence-electron chi connectivity index (χ3n) is 4.56. The van der Waals surface area contributed by atoms with E-state index >= 15 is 0 Å². The van der Waals surface area contributed by atoms with E-state index in [1.807, 2.05) is 0 Å². The molecule has 1 fully saturated rings. The number of likely N-dealkylation sites (tertiary alicyclic amines) is 1. The Kier molecular flexibility index (Phi) is 4.02. The van der Waals surface area contributed by atoms with Gasteiger partial charge in [0.2, 0.25) is 17.7 Å². The van der Waals surface area contributed by atoms with Gasteiger partial charge >= 0.3 is 0 Å². The van der Waals surface area contributed by atoms with Crippen molar-refractivity contribution in [2.45, 2.75) is 25.2 Å². The lowest BCUT2D eigenvalue weighted by molar-refractivity contribution is -0.137. The summed E-state index contributed by atoms with van der Waals surface area (Å²) in [7, 11) is 0. The Balaban J connectivity index is 1.78. The number of hydrogen-bond acceptors (Lipinski definition) is 3. The SMILES string of the molecule is NC(=O)C1CCN(C(=O)C2CC(=O)Nc3cc(F)ccc32)CC1. The van der Waals surface area contributed by atoms with Gasteiger partial charge < -0.3 is 16.0 Å². The Labute approximate surface area is 132 Å².